The second-order valence-electron chi connectivity index (χ2n) is 6.34. The molecule has 1 amide bonds. The summed E-state index contributed by atoms with van der Waals surface area (Å²) in [6.07, 6.45) is 5.74. The van der Waals surface area contributed by atoms with Gasteiger partial charge in [-0.05, 0) is 31.2 Å². The minimum Gasteiger partial charge on any atom is -0.349 e. The molecular weight excluding hydrogens is 317 g/mol. The van der Waals surface area contributed by atoms with Gasteiger partial charge in [0.05, 0.1) is 11.8 Å². The Morgan fingerprint density at radius 2 is 1.96 bits per heavy atom. The molecule has 0 aromatic heterocycles. The van der Waals surface area contributed by atoms with Crippen LogP contribution < -0.4 is 5.32 Å². The molecule has 1 aromatic rings. The Morgan fingerprint density at radius 1 is 1.30 bits per heavy atom. The Balaban J connectivity index is 2.03. The third-order valence-electron chi connectivity index (χ3n) is 4.35. The highest BCUT2D eigenvalue weighted by molar-refractivity contribution is 7.90. The molecule has 0 saturated heterocycles. The summed E-state index contributed by atoms with van der Waals surface area (Å²) in [5.74, 6) is -0.283. The van der Waals surface area contributed by atoms with Crippen LogP contribution in [0.15, 0.2) is 24.3 Å². The van der Waals surface area contributed by atoms with Crippen molar-refractivity contribution in [1.82, 2.24) is 5.32 Å². The van der Waals surface area contributed by atoms with Crippen molar-refractivity contribution >= 4 is 15.7 Å². The van der Waals surface area contributed by atoms with Crippen molar-refractivity contribution in [1.29, 1.82) is 0 Å². The summed E-state index contributed by atoms with van der Waals surface area (Å²) in [6, 6.07) is 6.21. The summed E-state index contributed by atoms with van der Waals surface area (Å²) < 4.78 is 36.4. The summed E-state index contributed by atoms with van der Waals surface area (Å²) in [6.45, 7) is 0. The van der Waals surface area contributed by atoms with Gasteiger partial charge >= 0.3 is 0 Å². The molecule has 1 saturated carbocycles. The van der Waals surface area contributed by atoms with Gasteiger partial charge in [-0.1, -0.05) is 31.0 Å². The topological polar surface area (TPSA) is 63.2 Å². The lowest BCUT2D eigenvalue weighted by Crippen LogP contribution is -2.33. The predicted molar refractivity (Wildman–Crippen MR) is 88.2 cm³/mol. The molecule has 4 nitrogen and oxygen atoms in total. The Labute approximate surface area is 137 Å². The zero-order valence-corrected chi connectivity index (χ0v) is 14.2. The number of hydrogen-bond acceptors (Lipinski definition) is 3. The molecule has 1 atom stereocenters. The lowest BCUT2D eigenvalue weighted by Gasteiger charge is -2.25. The molecule has 0 spiro atoms. The lowest BCUT2D eigenvalue weighted by atomic mass is 9.91. The first-order valence-electron chi connectivity index (χ1n) is 8.08. The second-order valence-corrected chi connectivity index (χ2v) is 8.60. The molecule has 0 radical (unpaired) electrons. The Morgan fingerprint density at radius 3 is 2.57 bits per heavy atom. The van der Waals surface area contributed by atoms with E-state index in [1.165, 1.54) is 6.07 Å². The lowest BCUT2D eigenvalue weighted by molar-refractivity contribution is -0.122. The van der Waals surface area contributed by atoms with Gasteiger partial charge in [0.1, 0.15) is 15.7 Å². The van der Waals surface area contributed by atoms with Gasteiger partial charge in [-0.2, -0.15) is 0 Å². The number of benzene rings is 1. The monoisotopic (exact) mass is 341 g/mol. The average Bonchev–Trinajstić information content (AvgIpc) is 2.98. The van der Waals surface area contributed by atoms with Crippen molar-refractivity contribution in [3.63, 3.8) is 0 Å². The molecule has 1 N–H and O–H groups in total. The Hall–Kier alpha value is -1.43. The smallest absolute Gasteiger partial charge is 0.220 e. The molecule has 1 fully saturated rings. The van der Waals surface area contributed by atoms with E-state index in [9.17, 15) is 17.6 Å². The first kappa shape index (κ1) is 17.9. The third kappa shape index (κ3) is 5.61. The average molecular weight is 341 g/mol. The van der Waals surface area contributed by atoms with Gasteiger partial charge in [0.25, 0.3) is 0 Å². The van der Waals surface area contributed by atoms with E-state index >= 15 is 0 Å². The highest BCUT2D eigenvalue weighted by atomic mass is 32.2. The van der Waals surface area contributed by atoms with E-state index in [0.29, 0.717) is 12.0 Å². The van der Waals surface area contributed by atoms with Crippen LogP contribution in [0.2, 0.25) is 0 Å². The van der Waals surface area contributed by atoms with Gasteiger partial charge in [-0.3, -0.25) is 4.79 Å². The summed E-state index contributed by atoms with van der Waals surface area (Å²) in [5, 5.41) is 2.93. The van der Waals surface area contributed by atoms with Crippen LogP contribution in [0.25, 0.3) is 0 Å². The molecule has 23 heavy (non-hydrogen) atoms. The summed E-state index contributed by atoms with van der Waals surface area (Å²) in [5.41, 5.74) is 0.524. The molecule has 1 aliphatic rings. The van der Waals surface area contributed by atoms with Crippen LogP contribution in [0.5, 0.6) is 0 Å². The summed E-state index contributed by atoms with van der Waals surface area (Å²) >= 11 is 0. The van der Waals surface area contributed by atoms with Gasteiger partial charge in [0, 0.05) is 18.2 Å². The molecule has 0 aliphatic heterocycles. The number of amides is 1. The molecule has 0 bridgehead atoms. The predicted octanol–water partition coefficient (Wildman–Crippen LogP) is 3.00. The van der Waals surface area contributed by atoms with Crippen LogP contribution in [0.4, 0.5) is 4.39 Å². The van der Waals surface area contributed by atoms with Gasteiger partial charge in [0.2, 0.25) is 5.91 Å². The van der Waals surface area contributed by atoms with Crippen LogP contribution in [0.1, 0.15) is 50.1 Å². The normalized spacial score (nSPS) is 17.1. The third-order valence-corrected chi connectivity index (χ3v) is 5.38. The quantitative estimate of drug-likeness (QED) is 0.829. The number of sulfone groups is 1. The number of carbonyl (C=O) groups excluding carboxylic acids is 1. The van der Waals surface area contributed by atoms with Crippen LogP contribution >= 0.6 is 0 Å². The Bertz CT molecular complexity index is 639. The minimum absolute atomic E-state index is 0.00574. The SMILES string of the molecule is CS(=O)(=O)CCCC(=O)NC(c1ccccc1F)C1CCCC1. The van der Waals surface area contributed by atoms with Gasteiger partial charge < -0.3 is 5.32 Å². The van der Waals surface area contributed by atoms with Gasteiger partial charge in [0.15, 0.2) is 0 Å². The van der Waals surface area contributed by atoms with Crippen LogP contribution in [0, 0.1) is 11.7 Å². The van der Waals surface area contributed by atoms with E-state index < -0.39 is 9.84 Å². The summed E-state index contributed by atoms with van der Waals surface area (Å²) in [7, 11) is -3.06. The maximum Gasteiger partial charge on any atom is 0.220 e. The van der Waals surface area contributed by atoms with Crippen LogP contribution in [-0.2, 0) is 14.6 Å². The first-order valence-corrected chi connectivity index (χ1v) is 10.1. The molecule has 1 unspecified atom stereocenters. The van der Waals surface area contributed by atoms with E-state index in [1.54, 1.807) is 18.2 Å². The highest BCUT2D eigenvalue weighted by Crippen LogP contribution is 2.36. The van der Waals surface area contributed by atoms with E-state index in [0.717, 1.165) is 31.9 Å². The fraction of sp³-hybridized carbons (Fsp3) is 0.588. The Kier molecular flexibility index (Phi) is 6.16. The van der Waals surface area contributed by atoms with Crippen molar-refractivity contribution in [3.8, 4) is 0 Å². The number of carbonyl (C=O) groups is 1. The molecule has 128 valence electrons. The molecule has 6 heteroatoms. The molecule has 1 aliphatic carbocycles. The standard InChI is InChI=1S/C17H24FNO3S/c1-23(21,22)12-6-11-16(20)19-17(13-7-2-3-8-13)14-9-4-5-10-15(14)18/h4-5,9-10,13,17H,2-3,6-8,11-12H2,1H3,(H,19,20). The molecular formula is C17H24FNO3S. The second kappa shape index (κ2) is 7.90. The van der Waals surface area contributed by atoms with Crippen LogP contribution in [0.3, 0.4) is 0 Å². The van der Waals surface area contributed by atoms with Crippen molar-refractivity contribution in [3.05, 3.63) is 35.6 Å². The maximum absolute atomic E-state index is 14.1. The van der Waals surface area contributed by atoms with Crippen molar-refractivity contribution in [2.45, 2.75) is 44.6 Å². The number of hydrogen-bond donors (Lipinski definition) is 1. The van der Waals surface area contributed by atoms with Gasteiger partial charge in [-0.15, -0.1) is 0 Å². The highest BCUT2D eigenvalue weighted by Gasteiger charge is 2.29. The number of halogens is 1. The van der Waals surface area contributed by atoms with E-state index in [2.05, 4.69) is 5.32 Å². The zero-order valence-electron chi connectivity index (χ0n) is 13.4. The molecule has 1 aromatic carbocycles. The number of rotatable bonds is 7. The minimum atomic E-state index is -3.06. The molecule has 2 rings (SSSR count). The number of nitrogens with one attached hydrogen (secondary N) is 1. The fourth-order valence-corrected chi connectivity index (χ4v) is 3.88. The van der Waals surface area contributed by atoms with Crippen molar-refractivity contribution < 1.29 is 17.6 Å². The first-order chi connectivity index (χ1) is 10.9. The van der Waals surface area contributed by atoms with Crippen LogP contribution in [-0.4, -0.2) is 26.3 Å². The zero-order chi connectivity index (χ0) is 16.9. The van der Waals surface area contributed by atoms with Crippen molar-refractivity contribution in [2.75, 3.05) is 12.0 Å². The molecule has 0 heterocycles. The van der Waals surface area contributed by atoms with Crippen molar-refractivity contribution in [2.24, 2.45) is 5.92 Å². The largest absolute Gasteiger partial charge is 0.349 e. The fourth-order valence-electron chi connectivity index (χ4n) is 3.21. The van der Waals surface area contributed by atoms with E-state index in [4.69, 9.17) is 0 Å². The maximum atomic E-state index is 14.1. The summed E-state index contributed by atoms with van der Waals surface area (Å²) in [4.78, 5) is 12.2. The van der Waals surface area contributed by atoms with E-state index in [1.807, 2.05) is 0 Å². The van der Waals surface area contributed by atoms with Gasteiger partial charge in [-0.25, -0.2) is 12.8 Å². The van der Waals surface area contributed by atoms with E-state index in [-0.39, 0.29) is 35.9 Å².